The first-order valence-electron chi connectivity index (χ1n) is 10.0. The molecule has 0 fully saturated rings. The molecule has 0 bridgehead atoms. The lowest BCUT2D eigenvalue weighted by atomic mass is 10.1. The fourth-order valence-corrected chi connectivity index (χ4v) is 3.04. The first-order valence-corrected chi connectivity index (χ1v) is 10.6. The summed E-state index contributed by atoms with van der Waals surface area (Å²) in [7, 11) is 1.51. The molecule has 7 nitrogen and oxygen atoms in total. The van der Waals surface area contributed by atoms with Crippen molar-refractivity contribution in [1.29, 1.82) is 0 Å². The minimum atomic E-state index is -4.50. The number of nitrogens with one attached hydrogen (secondary N) is 1. The number of carbonyl (C=O) groups is 1. The highest BCUT2D eigenvalue weighted by atomic mass is 35.5. The molecule has 0 aliphatic carbocycles. The van der Waals surface area contributed by atoms with Crippen LogP contribution in [0.5, 0.6) is 6.01 Å². The van der Waals surface area contributed by atoms with Gasteiger partial charge in [0.1, 0.15) is 6.61 Å². The molecule has 0 saturated heterocycles. The Balaban J connectivity index is 1.93. The first kappa shape index (κ1) is 24.5. The van der Waals surface area contributed by atoms with Gasteiger partial charge in [0.25, 0.3) is 0 Å². The number of benzene rings is 2. The molecule has 176 valence electrons. The van der Waals surface area contributed by atoms with Crippen LogP contribution in [0.4, 0.5) is 18.9 Å². The topological polar surface area (TPSA) is 78.3 Å². The minimum Gasteiger partial charge on any atom is -0.460 e. The number of carbonyl (C=O) groups excluding carboxylic acids is 1. The van der Waals surface area contributed by atoms with E-state index >= 15 is 0 Å². The number of halogens is 4. The van der Waals surface area contributed by atoms with Crippen molar-refractivity contribution in [1.82, 2.24) is 14.8 Å². The second-order valence-corrected chi connectivity index (χ2v) is 7.32. The van der Waals surface area contributed by atoms with Crippen LogP contribution in [0.2, 0.25) is 0 Å². The summed E-state index contributed by atoms with van der Waals surface area (Å²) in [6.45, 7) is 0.474. The van der Waals surface area contributed by atoms with E-state index < -0.39 is 11.7 Å². The van der Waals surface area contributed by atoms with Crippen molar-refractivity contribution >= 4 is 23.2 Å². The third kappa shape index (κ3) is 6.69. The number of rotatable bonds is 10. The Kier molecular flexibility index (Phi) is 8.29. The molecule has 3 rings (SSSR count). The normalized spacial score (nSPS) is 11.4. The monoisotopic (exact) mass is 482 g/mol. The van der Waals surface area contributed by atoms with Crippen molar-refractivity contribution in [3.8, 4) is 23.1 Å². The van der Waals surface area contributed by atoms with E-state index in [1.165, 1.54) is 23.9 Å². The maximum atomic E-state index is 13.2. The molecule has 0 atom stereocenters. The van der Waals surface area contributed by atoms with Gasteiger partial charge in [0.15, 0.2) is 5.82 Å². The molecular formula is C22H22ClF3N4O3. The molecular weight excluding hydrogens is 461 g/mol. The quantitative estimate of drug-likeness (QED) is 0.327. The van der Waals surface area contributed by atoms with Crippen LogP contribution in [0.3, 0.4) is 0 Å². The van der Waals surface area contributed by atoms with E-state index in [9.17, 15) is 18.0 Å². The first-order chi connectivity index (χ1) is 15.8. The van der Waals surface area contributed by atoms with Crippen molar-refractivity contribution in [3.05, 3.63) is 54.1 Å². The Morgan fingerprint density at radius 3 is 2.58 bits per heavy atom. The lowest BCUT2D eigenvalue weighted by Gasteiger charge is -2.10. The van der Waals surface area contributed by atoms with Crippen LogP contribution in [-0.4, -0.2) is 46.9 Å². The summed E-state index contributed by atoms with van der Waals surface area (Å²) in [5.41, 5.74) is 0.509. The van der Waals surface area contributed by atoms with Gasteiger partial charge in [-0.25, -0.2) is 4.68 Å². The van der Waals surface area contributed by atoms with Gasteiger partial charge in [-0.2, -0.15) is 18.2 Å². The maximum Gasteiger partial charge on any atom is 0.416 e. The van der Waals surface area contributed by atoms with Crippen LogP contribution >= 0.6 is 11.6 Å². The average molecular weight is 483 g/mol. The van der Waals surface area contributed by atoms with E-state index in [1.54, 1.807) is 24.3 Å². The summed E-state index contributed by atoms with van der Waals surface area (Å²) < 4.78 is 51.5. The minimum absolute atomic E-state index is 0.00193. The molecule has 0 aliphatic heterocycles. The molecule has 0 saturated carbocycles. The van der Waals surface area contributed by atoms with Gasteiger partial charge < -0.3 is 14.8 Å². The molecule has 3 aromatic rings. The largest absolute Gasteiger partial charge is 0.460 e. The third-order valence-corrected chi connectivity index (χ3v) is 4.75. The van der Waals surface area contributed by atoms with Crippen molar-refractivity contribution in [2.75, 3.05) is 31.5 Å². The van der Waals surface area contributed by atoms with E-state index in [4.69, 9.17) is 21.1 Å². The molecule has 0 radical (unpaired) electrons. The molecule has 1 amide bonds. The Morgan fingerprint density at radius 1 is 1.15 bits per heavy atom. The Labute approximate surface area is 193 Å². The van der Waals surface area contributed by atoms with Crippen LogP contribution in [0.1, 0.15) is 18.4 Å². The standard InChI is InChI=1S/C22H22ClF3N4O3/c1-32-12-13-33-21-28-20(15-4-2-5-16(14-15)22(24,25)26)30(29-21)18-9-7-17(8-10-18)27-19(31)6-3-11-23/h2,4-5,7-10,14H,3,6,11-13H2,1H3,(H,27,31). The maximum absolute atomic E-state index is 13.2. The number of anilines is 1. The molecule has 0 unspecified atom stereocenters. The number of methoxy groups -OCH3 is 1. The molecule has 1 N–H and O–H groups in total. The third-order valence-electron chi connectivity index (χ3n) is 4.49. The lowest BCUT2D eigenvalue weighted by Crippen LogP contribution is -2.11. The highest BCUT2D eigenvalue weighted by Gasteiger charge is 2.31. The predicted molar refractivity (Wildman–Crippen MR) is 118 cm³/mol. The molecule has 11 heteroatoms. The average Bonchev–Trinajstić information content (AvgIpc) is 3.22. The number of hydrogen-bond acceptors (Lipinski definition) is 5. The van der Waals surface area contributed by atoms with Crippen LogP contribution in [0.15, 0.2) is 48.5 Å². The zero-order valence-electron chi connectivity index (χ0n) is 17.7. The lowest BCUT2D eigenvalue weighted by molar-refractivity contribution is -0.137. The van der Waals surface area contributed by atoms with Crippen molar-refractivity contribution in [2.45, 2.75) is 19.0 Å². The summed E-state index contributed by atoms with van der Waals surface area (Å²) in [4.78, 5) is 16.2. The van der Waals surface area contributed by atoms with Crippen molar-refractivity contribution in [2.24, 2.45) is 0 Å². The molecule has 1 aromatic heterocycles. The Morgan fingerprint density at radius 2 is 1.91 bits per heavy atom. The molecule has 0 spiro atoms. The number of amides is 1. The number of alkyl halides is 4. The van der Waals surface area contributed by atoms with Crippen LogP contribution in [0.25, 0.3) is 17.1 Å². The fourth-order valence-electron chi connectivity index (χ4n) is 2.91. The summed E-state index contributed by atoms with van der Waals surface area (Å²) in [6, 6.07) is 11.5. The van der Waals surface area contributed by atoms with E-state index in [-0.39, 0.29) is 29.9 Å². The Hall–Kier alpha value is -3.11. The molecule has 2 aromatic carbocycles. The van der Waals surface area contributed by atoms with Crippen LogP contribution in [-0.2, 0) is 15.7 Å². The van der Waals surface area contributed by atoms with Crippen molar-refractivity contribution in [3.63, 3.8) is 0 Å². The van der Waals surface area contributed by atoms with Gasteiger partial charge in [0.2, 0.25) is 5.91 Å². The summed E-state index contributed by atoms with van der Waals surface area (Å²) in [5.74, 6) is 0.404. The molecule has 1 heterocycles. The van der Waals surface area contributed by atoms with Gasteiger partial charge in [-0.3, -0.25) is 4.79 Å². The summed E-state index contributed by atoms with van der Waals surface area (Å²) in [5, 5.41) is 7.06. The van der Waals surface area contributed by atoms with Gasteiger partial charge in [-0.05, 0) is 42.8 Å². The van der Waals surface area contributed by atoms with E-state index in [0.717, 1.165) is 12.1 Å². The second-order valence-electron chi connectivity index (χ2n) is 6.94. The number of aromatic nitrogens is 3. The van der Waals surface area contributed by atoms with E-state index in [1.807, 2.05) is 0 Å². The van der Waals surface area contributed by atoms with Gasteiger partial charge >= 0.3 is 12.2 Å². The number of hydrogen-bond donors (Lipinski definition) is 1. The van der Waals surface area contributed by atoms with E-state index in [2.05, 4.69) is 15.4 Å². The van der Waals surface area contributed by atoms with E-state index in [0.29, 0.717) is 36.7 Å². The second kappa shape index (κ2) is 11.2. The summed E-state index contributed by atoms with van der Waals surface area (Å²) >= 11 is 5.60. The zero-order valence-corrected chi connectivity index (χ0v) is 18.5. The number of ether oxygens (including phenoxy) is 2. The number of nitrogens with zero attached hydrogens (tertiary/aromatic N) is 3. The fraction of sp³-hybridized carbons (Fsp3) is 0.318. The van der Waals surface area contributed by atoms with Crippen LogP contribution in [0, 0.1) is 0 Å². The highest BCUT2D eigenvalue weighted by Crippen LogP contribution is 2.33. The Bertz CT molecular complexity index is 1070. The van der Waals surface area contributed by atoms with Crippen LogP contribution < -0.4 is 10.1 Å². The predicted octanol–water partition coefficient (Wildman–Crippen LogP) is 4.94. The highest BCUT2D eigenvalue weighted by molar-refractivity contribution is 6.18. The SMILES string of the molecule is COCCOc1nc(-c2cccc(C(F)(F)F)c2)n(-c2ccc(NC(=O)CCCCl)cc2)n1. The molecule has 33 heavy (non-hydrogen) atoms. The van der Waals surface area contributed by atoms with Gasteiger partial charge in [0.05, 0.1) is 17.9 Å². The summed E-state index contributed by atoms with van der Waals surface area (Å²) in [6.07, 6.45) is -3.63. The smallest absolute Gasteiger partial charge is 0.416 e. The van der Waals surface area contributed by atoms with Crippen molar-refractivity contribution < 1.29 is 27.4 Å². The molecule has 0 aliphatic rings. The zero-order chi connectivity index (χ0) is 23.8. The van der Waals surface area contributed by atoms with Gasteiger partial charge in [-0.15, -0.1) is 16.7 Å². The van der Waals surface area contributed by atoms with Gasteiger partial charge in [-0.1, -0.05) is 12.1 Å². The van der Waals surface area contributed by atoms with Gasteiger partial charge in [0, 0.05) is 30.7 Å².